The molecule has 0 fully saturated rings. The lowest BCUT2D eigenvalue weighted by Gasteiger charge is -2.15. The van der Waals surface area contributed by atoms with Crippen molar-refractivity contribution in [2.75, 3.05) is 20.8 Å². The van der Waals surface area contributed by atoms with Crippen LogP contribution in [-0.4, -0.2) is 26.8 Å². The minimum Gasteiger partial charge on any atom is -0.493 e. The molecule has 114 valence electrons. The highest BCUT2D eigenvalue weighted by Crippen LogP contribution is 2.27. The summed E-state index contributed by atoms with van der Waals surface area (Å²) in [6.45, 7) is 3.22. The van der Waals surface area contributed by atoms with E-state index in [4.69, 9.17) is 9.47 Å². The number of hydrogen-bond donors (Lipinski definition) is 1. The summed E-state index contributed by atoms with van der Waals surface area (Å²) in [6, 6.07) is 10.8. The summed E-state index contributed by atoms with van der Waals surface area (Å²) < 4.78 is 10.6. The number of nitrogens with one attached hydrogen (secondary N) is 1. The molecular formula is C17H23NO2S. The maximum atomic E-state index is 5.34. The van der Waals surface area contributed by atoms with Gasteiger partial charge in [-0.25, -0.2) is 0 Å². The van der Waals surface area contributed by atoms with E-state index in [1.807, 2.05) is 17.4 Å². The van der Waals surface area contributed by atoms with Crippen LogP contribution in [0.2, 0.25) is 0 Å². The van der Waals surface area contributed by atoms with E-state index in [-0.39, 0.29) is 0 Å². The molecule has 2 rings (SSSR count). The Hall–Kier alpha value is -1.52. The van der Waals surface area contributed by atoms with Crippen molar-refractivity contribution >= 4 is 11.3 Å². The van der Waals surface area contributed by atoms with E-state index >= 15 is 0 Å². The number of benzene rings is 1. The second kappa shape index (κ2) is 8.05. The summed E-state index contributed by atoms with van der Waals surface area (Å²) in [5, 5.41) is 5.70. The maximum absolute atomic E-state index is 5.34. The Morgan fingerprint density at radius 3 is 2.62 bits per heavy atom. The van der Waals surface area contributed by atoms with Crippen molar-refractivity contribution in [1.82, 2.24) is 5.32 Å². The molecule has 21 heavy (non-hydrogen) atoms. The predicted octanol–water partition coefficient (Wildman–Crippen LogP) is 3.53. The van der Waals surface area contributed by atoms with E-state index in [1.165, 1.54) is 10.4 Å². The highest BCUT2D eigenvalue weighted by molar-refractivity contribution is 7.09. The summed E-state index contributed by atoms with van der Waals surface area (Å²) in [4.78, 5) is 1.43. The summed E-state index contributed by atoms with van der Waals surface area (Å²) in [5.41, 5.74) is 1.25. The van der Waals surface area contributed by atoms with Gasteiger partial charge >= 0.3 is 0 Å². The third kappa shape index (κ3) is 4.76. The molecule has 3 nitrogen and oxygen atoms in total. The van der Waals surface area contributed by atoms with Gasteiger partial charge in [-0.05, 0) is 48.9 Å². The quantitative estimate of drug-likeness (QED) is 0.809. The second-order valence-electron chi connectivity index (χ2n) is 5.08. The molecule has 1 heterocycles. The molecule has 0 spiro atoms. The van der Waals surface area contributed by atoms with Crippen molar-refractivity contribution in [3.63, 3.8) is 0 Å². The normalized spacial score (nSPS) is 12.1. The van der Waals surface area contributed by atoms with Crippen molar-refractivity contribution in [3.05, 3.63) is 46.2 Å². The standard InChI is InChI=1S/C17H23NO2S/c1-13(18-9-8-15-5-4-10-21-15)11-14-6-7-16(19-2)17(12-14)20-3/h4-7,10,12-13,18H,8-9,11H2,1-3H3. The molecule has 1 aromatic carbocycles. The second-order valence-corrected chi connectivity index (χ2v) is 6.11. The smallest absolute Gasteiger partial charge is 0.160 e. The van der Waals surface area contributed by atoms with Crippen LogP contribution in [0.4, 0.5) is 0 Å². The zero-order chi connectivity index (χ0) is 15.1. The average molecular weight is 305 g/mol. The van der Waals surface area contributed by atoms with Gasteiger partial charge < -0.3 is 14.8 Å². The Labute approximate surface area is 130 Å². The fourth-order valence-electron chi connectivity index (χ4n) is 2.33. The monoisotopic (exact) mass is 305 g/mol. The Balaban J connectivity index is 1.83. The molecule has 1 atom stereocenters. The van der Waals surface area contributed by atoms with Crippen LogP contribution in [0, 0.1) is 0 Å². The molecular weight excluding hydrogens is 282 g/mol. The van der Waals surface area contributed by atoms with E-state index < -0.39 is 0 Å². The average Bonchev–Trinajstić information content (AvgIpc) is 3.00. The first-order valence-corrected chi connectivity index (χ1v) is 8.07. The molecule has 1 aromatic heterocycles. The lowest BCUT2D eigenvalue weighted by Crippen LogP contribution is -2.29. The van der Waals surface area contributed by atoms with Crippen molar-refractivity contribution in [2.45, 2.75) is 25.8 Å². The van der Waals surface area contributed by atoms with Crippen LogP contribution in [-0.2, 0) is 12.8 Å². The number of methoxy groups -OCH3 is 2. The SMILES string of the molecule is COc1ccc(CC(C)NCCc2cccs2)cc1OC. The number of rotatable bonds is 8. The van der Waals surface area contributed by atoms with Crippen LogP contribution < -0.4 is 14.8 Å². The van der Waals surface area contributed by atoms with E-state index in [2.05, 4.69) is 41.9 Å². The van der Waals surface area contributed by atoms with Gasteiger partial charge in [0.1, 0.15) is 0 Å². The lowest BCUT2D eigenvalue weighted by atomic mass is 10.1. The molecule has 0 saturated heterocycles. The fourth-order valence-corrected chi connectivity index (χ4v) is 3.04. The summed E-state index contributed by atoms with van der Waals surface area (Å²) in [7, 11) is 3.33. The van der Waals surface area contributed by atoms with Gasteiger partial charge in [0.2, 0.25) is 0 Å². The molecule has 1 N–H and O–H groups in total. The van der Waals surface area contributed by atoms with Crippen LogP contribution in [0.15, 0.2) is 35.7 Å². The number of thiophene rings is 1. The van der Waals surface area contributed by atoms with Crippen molar-refractivity contribution < 1.29 is 9.47 Å². The lowest BCUT2D eigenvalue weighted by molar-refractivity contribution is 0.354. The van der Waals surface area contributed by atoms with E-state index in [9.17, 15) is 0 Å². The van der Waals surface area contributed by atoms with Gasteiger partial charge in [-0.2, -0.15) is 0 Å². The van der Waals surface area contributed by atoms with Crippen LogP contribution in [0.5, 0.6) is 11.5 Å². The van der Waals surface area contributed by atoms with Crippen molar-refractivity contribution in [1.29, 1.82) is 0 Å². The minimum absolute atomic E-state index is 0.433. The van der Waals surface area contributed by atoms with Gasteiger partial charge in [-0.1, -0.05) is 12.1 Å². The largest absolute Gasteiger partial charge is 0.493 e. The molecule has 0 aliphatic carbocycles. The van der Waals surface area contributed by atoms with Crippen molar-refractivity contribution in [3.8, 4) is 11.5 Å². The van der Waals surface area contributed by atoms with E-state index in [1.54, 1.807) is 14.2 Å². The zero-order valence-electron chi connectivity index (χ0n) is 12.9. The summed E-state index contributed by atoms with van der Waals surface area (Å²) in [6.07, 6.45) is 2.07. The van der Waals surface area contributed by atoms with Gasteiger partial charge in [-0.15, -0.1) is 11.3 Å². The molecule has 4 heteroatoms. The number of hydrogen-bond acceptors (Lipinski definition) is 4. The Kier molecular flexibility index (Phi) is 6.08. The van der Waals surface area contributed by atoms with Gasteiger partial charge in [0.15, 0.2) is 11.5 Å². The first kappa shape index (κ1) is 15.9. The highest BCUT2D eigenvalue weighted by Gasteiger charge is 2.08. The van der Waals surface area contributed by atoms with Gasteiger partial charge in [-0.3, -0.25) is 0 Å². The molecule has 0 amide bonds. The van der Waals surface area contributed by atoms with Crippen LogP contribution in [0.3, 0.4) is 0 Å². The van der Waals surface area contributed by atoms with Crippen LogP contribution >= 0.6 is 11.3 Å². The highest BCUT2D eigenvalue weighted by atomic mass is 32.1. The third-order valence-electron chi connectivity index (χ3n) is 3.43. The molecule has 0 bridgehead atoms. The first-order valence-electron chi connectivity index (χ1n) is 7.19. The maximum Gasteiger partial charge on any atom is 0.160 e. The summed E-state index contributed by atoms with van der Waals surface area (Å²) >= 11 is 1.82. The molecule has 0 aliphatic heterocycles. The fraction of sp³-hybridized carbons (Fsp3) is 0.412. The molecule has 0 saturated carbocycles. The minimum atomic E-state index is 0.433. The summed E-state index contributed by atoms with van der Waals surface area (Å²) in [5.74, 6) is 1.57. The Morgan fingerprint density at radius 2 is 1.95 bits per heavy atom. The van der Waals surface area contributed by atoms with Gasteiger partial charge in [0, 0.05) is 17.5 Å². The zero-order valence-corrected chi connectivity index (χ0v) is 13.7. The Morgan fingerprint density at radius 1 is 1.14 bits per heavy atom. The molecule has 2 aromatic rings. The first-order chi connectivity index (χ1) is 10.2. The molecule has 1 unspecified atom stereocenters. The van der Waals surface area contributed by atoms with Gasteiger partial charge in [0.05, 0.1) is 14.2 Å². The Bertz CT molecular complexity index is 540. The number of ether oxygens (including phenoxy) is 2. The predicted molar refractivity (Wildman–Crippen MR) is 88.7 cm³/mol. The van der Waals surface area contributed by atoms with E-state index in [0.29, 0.717) is 6.04 Å². The van der Waals surface area contributed by atoms with Crippen LogP contribution in [0.1, 0.15) is 17.4 Å². The molecule has 0 aliphatic rings. The molecule has 0 radical (unpaired) electrons. The van der Waals surface area contributed by atoms with Gasteiger partial charge in [0.25, 0.3) is 0 Å². The topological polar surface area (TPSA) is 30.5 Å². The van der Waals surface area contributed by atoms with Crippen molar-refractivity contribution in [2.24, 2.45) is 0 Å². The van der Waals surface area contributed by atoms with E-state index in [0.717, 1.165) is 30.9 Å². The third-order valence-corrected chi connectivity index (χ3v) is 4.37. The van der Waals surface area contributed by atoms with Crippen LogP contribution in [0.25, 0.3) is 0 Å².